The maximum Gasteiger partial charge on any atom is 0.311 e. The van der Waals surface area contributed by atoms with E-state index in [-0.39, 0.29) is 35.1 Å². The highest BCUT2D eigenvalue weighted by atomic mass is 19.1. The first-order valence-electron chi connectivity index (χ1n) is 12.5. The smallest absolute Gasteiger partial charge is 0.311 e. The summed E-state index contributed by atoms with van der Waals surface area (Å²) in [6, 6.07) is 6.83. The molecular formula is C27H30FN7O3. The van der Waals surface area contributed by atoms with Crippen LogP contribution in [0.15, 0.2) is 34.9 Å². The molecule has 1 fully saturated rings. The van der Waals surface area contributed by atoms with Gasteiger partial charge in [0, 0.05) is 37.7 Å². The van der Waals surface area contributed by atoms with Crippen molar-refractivity contribution in [1.29, 1.82) is 0 Å². The summed E-state index contributed by atoms with van der Waals surface area (Å²) in [5.74, 6) is -0.488. The van der Waals surface area contributed by atoms with E-state index in [1.165, 1.54) is 6.07 Å². The van der Waals surface area contributed by atoms with Crippen LogP contribution in [0.1, 0.15) is 71.8 Å². The summed E-state index contributed by atoms with van der Waals surface area (Å²) in [6.07, 6.45) is 1.64. The Kier molecular flexibility index (Phi) is 6.24. The normalized spacial score (nSPS) is 15.5. The highest BCUT2D eigenvalue weighted by Gasteiger charge is 2.40. The number of benzene rings is 1. The van der Waals surface area contributed by atoms with Gasteiger partial charge in [-0.3, -0.25) is 9.59 Å². The van der Waals surface area contributed by atoms with E-state index in [9.17, 15) is 14.0 Å². The Labute approximate surface area is 219 Å². The van der Waals surface area contributed by atoms with Crippen LogP contribution < -0.4 is 0 Å². The van der Waals surface area contributed by atoms with Gasteiger partial charge in [0.1, 0.15) is 11.5 Å². The lowest BCUT2D eigenvalue weighted by atomic mass is 9.98. The van der Waals surface area contributed by atoms with Crippen LogP contribution in [-0.4, -0.2) is 71.6 Å². The second-order valence-corrected chi connectivity index (χ2v) is 10.6. The summed E-state index contributed by atoms with van der Waals surface area (Å²) in [5.41, 5.74) is 3.13. The van der Waals surface area contributed by atoms with Crippen molar-refractivity contribution in [3.05, 3.63) is 64.9 Å². The van der Waals surface area contributed by atoms with E-state index in [0.717, 1.165) is 11.1 Å². The molecule has 0 aliphatic carbocycles. The van der Waals surface area contributed by atoms with E-state index in [1.54, 1.807) is 46.5 Å². The van der Waals surface area contributed by atoms with Crippen molar-refractivity contribution < 1.29 is 18.4 Å². The van der Waals surface area contributed by atoms with E-state index >= 15 is 0 Å². The maximum atomic E-state index is 13.9. The van der Waals surface area contributed by atoms with Crippen LogP contribution in [0.5, 0.6) is 0 Å². The Morgan fingerprint density at radius 3 is 2.47 bits per heavy atom. The van der Waals surface area contributed by atoms with Gasteiger partial charge in [-0.15, -0.1) is 10.2 Å². The lowest BCUT2D eigenvalue weighted by Gasteiger charge is -2.46. The Bertz CT molecular complexity index is 1560. The van der Waals surface area contributed by atoms with Crippen LogP contribution in [0.4, 0.5) is 4.39 Å². The molecule has 5 rings (SSSR count). The van der Waals surface area contributed by atoms with Crippen LogP contribution in [0.3, 0.4) is 0 Å². The minimum atomic E-state index is -0.666. The number of rotatable bonds is 4. The van der Waals surface area contributed by atoms with Crippen LogP contribution in [0, 0.1) is 19.7 Å². The molecule has 11 heteroatoms. The second-order valence-electron chi connectivity index (χ2n) is 10.6. The molecule has 198 valence electrons. The lowest BCUT2D eigenvalue weighted by molar-refractivity contribution is 0.0150. The molecule has 0 unspecified atom stereocenters. The summed E-state index contributed by atoms with van der Waals surface area (Å²) < 4.78 is 20.8. The zero-order valence-electron chi connectivity index (χ0n) is 22.3. The molecule has 0 radical (unpaired) electrons. The molecule has 3 aromatic heterocycles. The third kappa shape index (κ3) is 4.52. The fraction of sp³-hybridized carbons (Fsp3) is 0.407. The summed E-state index contributed by atoms with van der Waals surface area (Å²) in [7, 11) is 0. The third-order valence-electron chi connectivity index (χ3n) is 6.89. The molecule has 1 aliphatic rings. The highest BCUT2D eigenvalue weighted by Crippen LogP contribution is 2.29. The van der Waals surface area contributed by atoms with Gasteiger partial charge in [-0.05, 0) is 56.5 Å². The number of amides is 2. The number of hydrogen-bond acceptors (Lipinski definition) is 7. The first-order valence-corrected chi connectivity index (χ1v) is 12.5. The summed E-state index contributed by atoms with van der Waals surface area (Å²) in [6.45, 7) is 12.2. The van der Waals surface area contributed by atoms with Crippen LogP contribution in [0.25, 0.3) is 16.9 Å². The number of halogens is 1. The number of fused-ring (bicyclic) bond motifs is 1. The molecule has 0 N–H and O–H groups in total. The van der Waals surface area contributed by atoms with Gasteiger partial charge in [-0.1, -0.05) is 13.8 Å². The van der Waals surface area contributed by atoms with Gasteiger partial charge in [-0.2, -0.15) is 5.10 Å². The maximum absolute atomic E-state index is 13.9. The number of carbonyl (C=O) groups excluding carboxylic acids is 2. The zero-order valence-corrected chi connectivity index (χ0v) is 22.3. The lowest BCUT2D eigenvalue weighted by Crippen LogP contribution is -2.62. The predicted octanol–water partition coefficient (Wildman–Crippen LogP) is 4.04. The Morgan fingerprint density at radius 1 is 1.08 bits per heavy atom. The van der Waals surface area contributed by atoms with Gasteiger partial charge in [0.2, 0.25) is 5.89 Å². The number of aryl methyl sites for hydroxylation is 2. The van der Waals surface area contributed by atoms with Crippen molar-refractivity contribution in [3.8, 4) is 11.3 Å². The molecule has 1 aliphatic heterocycles. The van der Waals surface area contributed by atoms with Gasteiger partial charge in [-0.25, -0.2) is 13.9 Å². The SMILES string of the molecule is Cc1nnc(C(=O)N2CCN(C(=O)c3cn4nc(-c5ccc(F)c(C)c5)cc(C(C)C)c4n3)C(C)(C)C2)o1. The van der Waals surface area contributed by atoms with E-state index in [4.69, 9.17) is 9.52 Å². The monoisotopic (exact) mass is 519 g/mol. The molecule has 4 aromatic rings. The molecule has 1 aromatic carbocycles. The van der Waals surface area contributed by atoms with Gasteiger partial charge in [0.05, 0.1) is 17.4 Å². The standard InChI is InChI=1S/C27H30FN7O3/c1-15(2)19-12-21(18-7-8-20(28)16(3)11-18)32-35-13-22(29-23(19)35)25(36)34-10-9-33(14-27(34,5)6)26(37)24-31-30-17(4)38-24/h7-8,11-13,15H,9-10,14H2,1-6H3. The highest BCUT2D eigenvalue weighted by molar-refractivity contribution is 5.94. The van der Waals surface area contributed by atoms with Crippen LogP contribution in [0.2, 0.25) is 0 Å². The van der Waals surface area contributed by atoms with Crippen molar-refractivity contribution in [3.63, 3.8) is 0 Å². The number of nitrogens with zero attached hydrogens (tertiary/aromatic N) is 7. The predicted molar refractivity (Wildman–Crippen MR) is 137 cm³/mol. The summed E-state index contributed by atoms with van der Waals surface area (Å²) in [5, 5.41) is 12.3. The van der Waals surface area contributed by atoms with Crippen molar-refractivity contribution in [2.45, 2.75) is 53.0 Å². The Balaban J connectivity index is 1.44. The van der Waals surface area contributed by atoms with Gasteiger partial charge < -0.3 is 14.2 Å². The quantitative estimate of drug-likeness (QED) is 0.400. The first kappa shape index (κ1) is 25.5. The minimum absolute atomic E-state index is 0.0575. The fourth-order valence-electron chi connectivity index (χ4n) is 4.84. The molecule has 0 spiro atoms. The largest absolute Gasteiger partial charge is 0.417 e. The van der Waals surface area contributed by atoms with Gasteiger partial charge >= 0.3 is 11.8 Å². The van der Waals surface area contributed by atoms with Crippen molar-refractivity contribution >= 4 is 17.5 Å². The van der Waals surface area contributed by atoms with E-state index in [2.05, 4.69) is 29.0 Å². The average Bonchev–Trinajstić information content (AvgIpc) is 3.49. The number of aromatic nitrogens is 5. The molecule has 0 atom stereocenters. The Morgan fingerprint density at radius 2 is 1.84 bits per heavy atom. The Hall–Kier alpha value is -4.15. The number of piperazine rings is 1. The molecule has 1 saturated heterocycles. The first-order chi connectivity index (χ1) is 17.9. The van der Waals surface area contributed by atoms with Crippen molar-refractivity contribution in [1.82, 2.24) is 34.6 Å². The molecule has 0 bridgehead atoms. The van der Waals surface area contributed by atoms with E-state index in [1.807, 2.05) is 19.9 Å². The topological polar surface area (TPSA) is 110 Å². The minimum Gasteiger partial charge on any atom is -0.417 e. The zero-order chi connectivity index (χ0) is 27.4. The summed E-state index contributed by atoms with van der Waals surface area (Å²) in [4.78, 5) is 34.6. The summed E-state index contributed by atoms with van der Waals surface area (Å²) >= 11 is 0. The third-order valence-corrected chi connectivity index (χ3v) is 6.89. The molecule has 10 nitrogen and oxygen atoms in total. The molecule has 4 heterocycles. The number of hydrogen-bond donors (Lipinski definition) is 0. The molecular weight excluding hydrogens is 489 g/mol. The van der Waals surface area contributed by atoms with Gasteiger partial charge in [0.25, 0.3) is 5.91 Å². The van der Waals surface area contributed by atoms with Crippen LogP contribution in [-0.2, 0) is 0 Å². The number of carbonyl (C=O) groups is 2. The molecule has 2 amide bonds. The van der Waals surface area contributed by atoms with Crippen molar-refractivity contribution in [2.75, 3.05) is 19.6 Å². The van der Waals surface area contributed by atoms with Crippen molar-refractivity contribution in [2.24, 2.45) is 0 Å². The molecule has 38 heavy (non-hydrogen) atoms. The molecule has 0 saturated carbocycles. The number of imidazole rings is 1. The second kappa shape index (κ2) is 9.30. The van der Waals surface area contributed by atoms with Crippen LogP contribution >= 0.6 is 0 Å². The van der Waals surface area contributed by atoms with Gasteiger partial charge in [0.15, 0.2) is 5.65 Å². The van der Waals surface area contributed by atoms with E-state index < -0.39 is 5.54 Å². The van der Waals surface area contributed by atoms with E-state index in [0.29, 0.717) is 42.4 Å². The fourth-order valence-corrected chi connectivity index (χ4v) is 4.84. The average molecular weight is 520 g/mol.